The lowest BCUT2D eigenvalue weighted by Crippen LogP contribution is -2.22. The van der Waals surface area contributed by atoms with Crippen molar-refractivity contribution in [2.75, 3.05) is 5.75 Å². The standard InChI is InChI=1S/C24H20BrN5O2S/c25-13-6-7-15-17(12-30(19(15)10-13)8-3-9-33-24(26)27)21-20(22(31)29-23(21)32)16-11-28-18-5-2-1-4-14(16)18/h1-2,4-7,10-12,28H,3,8-9H2,(H3,26,27)(H,29,31,32). The summed E-state index contributed by atoms with van der Waals surface area (Å²) in [7, 11) is 0. The van der Waals surface area contributed by atoms with Gasteiger partial charge in [0.2, 0.25) is 0 Å². The van der Waals surface area contributed by atoms with Crippen molar-refractivity contribution in [2.45, 2.75) is 13.0 Å². The fourth-order valence-electron chi connectivity index (χ4n) is 4.31. The van der Waals surface area contributed by atoms with E-state index in [9.17, 15) is 9.59 Å². The van der Waals surface area contributed by atoms with Gasteiger partial charge in [-0.1, -0.05) is 52.0 Å². The van der Waals surface area contributed by atoms with Crippen molar-refractivity contribution in [2.24, 2.45) is 5.73 Å². The molecule has 1 aliphatic rings. The van der Waals surface area contributed by atoms with Gasteiger partial charge in [-0.05, 0) is 24.6 Å². The van der Waals surface area contributed by atoms with E-state index < -0.39 is 11.8 Å². The molecular weight excluding hydrogens is 502 g/mol. The Kier molecular flexibility index (Phi) is 5.59. The molecule has 166 valence electrons. The maximum atomic E-state index is 13.0. The van der Waals surface area contributed by atoms with Crippen molar-refractivity contribution in [3.8, 4) is 0 Å². The number of hydrogen-bond donors (Lipinski definition) is 4. The Morgan fingerprint density at radius 3 is 2.61 bits per heavy atom. The molecule has 0 saturated carbocycles. The number of aromatic nitrogens is 2. The zero-order chi connectivity index (χ0) is 23.1. The molecule has 7 nitrogen and oxygen atoms in total. The van der Waals surface area contributed by atoms with Crippen LogP contribution >= 0.6 is 27.7 Å². The molecule has 0 bridgehead atoms. The quantitative estimate of drug-likeness (QED) is 0.129. The van der Waals surface area contributed by atoms with Gasteiger partial charge < -0.3 is 15.3 Å². The van der Waals surface area contributed by atoms with Crippen molar-refractivity contribution in [1.29, 1.82) is 5.41 Å². The SMILES string of the molecule is N=C(N)SCCCn1cc(C2=C(c3c[nH]c4ccccc34)C(=O)NC2=O)c2ccc(Br)cc21. The predicted molar refractivity (Wildman–Crippen MR) is 137 cm³/mol. The van der Waals surface area contributed by atoms with E-state index in [1.54, 1.807) is 6.20 Å². The van der Waals surface area contributed by atoms with Crippen molar-refractivity contribution in [1.82, 2.24) is 14.9 Å². The molecule has 0 spiro atoms. The number of aromatic amines is 1. The number of rotatable bonds is 6. The molecule has 0 saturated heterocycles. The number of H-pyrrole nitrogens is 1. The largest absolute Gasteiger partial charge is 0.379 e. The van der Waals surface area contributed by atoms with Crippen LogP contribution < -0.4 is 11.1 Å². The van der Waals surface area contributed by atoms with Crippen LogP contribution in [0, 0.1) is 5.41 Å². The molecule has 1 aliphatic heterocycles. The third kappa shape index (κ3) is 3.87. The van der Waals surface area contributed by atoms with Crippen LogP contribution in [0.2, 0.25) is 0 Å². The fraction of sp³-hybridized carbons (Fsp3) is 0.125. The van der Waals surface area contributed by atoms with E-state index >= 15 is 0 Å². The van der Waals surface area contributed by atoms with Gasteiger partial charge in [0.25, 0.3) is 11.8 Å². The van der Waals surface area contributed by atoms with E-state index in [0.29, 0.717) is 23.3 Å². The summed E-state index contributed by atoms with van der Waals surface area (Å²) < 4.78 is 3.02. The number of aryl methyl sites for hydroxylation is 1. The predicted octanol–water partition coefficient (Wildman–Crippen LogP) is 4.47. The van der Waals surface area contributed by atoms with E-state index in [4.69, 9.17) is 11.1 Å². The Morgan fingerprint density at radius 1 is 1.06 bits per heavy atom. The van der Waals surface area contributed by atoms with Gasteiger partial charge in [-0.2, -0.15) is 0 Å². The Balaban J connectivity index is 1.67. The number of para-hydroxylation sites is 1. The molecule has 2 amide bonds. The van der Waals surface area contributed by atoms with Crippen molar-refractivity contribution >= 4 is 77.6 Å². The number of imide groups is 1. The second-order valence-electron chi connectivity index (χ2n) is 7.75. The molecule has 33 heavy (non-hydrogen) atoms. The number of amides is 2. The summed E-state index contributed by atoms with van der Waals surface area (Å²) in [5.41, 5.74) is 9.51. The maximum Gasteiger partial charge on any atom is 0.259 e. The lowest BCUT2D eigenvalue weighted by Gasteiger charge is -2.05. The molecule has 2 aromatic carbocycles. The number of thioether (sulfide) groups is 1. The molecule has 0 unspecified atom stereocenters. The van der Waals surface area contributed by atoms with Gasteiger partial charge >= 0.3 is 0 Å². The number of amidine groups is 1. The smallest absolute Gasteiger partial charge is 0.259 e. The summed E-state index contributed by atoms with van der Waals surface area (Å²) in [6.45, 7) is 0.693. The minimum atomic E-state index is -0.394. The number of carbonyl (C=O) groups is 2. The number of carbonyl (C=O) groups excluding carboxylic acids is 2. The topological polar surface area (TPSA) is 117 Å². The summed E-state index contributed by atoms with van der Waals surface area (Å²) >= 11 is 4.85. The van der Waals surface area contributed by atoms with Crippen LogP contribution in [0.25, 0.3) is 33.0 Å². The third-order valence-electron chi connectivity index (χ3n) is 5.70. The average molecular weight is 522 g/mol. The first kappa shape index (κ1) is 21.5. The minimum absolute atomic E-state index is 0.102. The molecule has 5 N–H and O–H groups in total. The highest BCUT2D eigenvalue weighted by atomic mass is 79.9. The second-order valence-corrected chi connectivity index (χ2v) is 9.80. The second kappa shape index (κ2) is 8.57. The number of nitrogens with two attached hydrogens (primary N) is 1. The van der Waals surface area contributed by atoms with Crippen LogP contribution in [0.4, 0.5) is 0 Å². The van der Waals surface area contributed by atoms with Crippen LogP contribution in [0.1, 0.15) is 17.5 Å². The highest BCUT2D eigenvalue weighted by Gasteiger charge is 2.35. The molecule has 2 aromatic heterocycles. The molecule has 0 atom stereocenters. The van der Waals surface area contributed by atoms with E-state index in [2.05, 4.69) is 30.8 Å². The molecule has 3 heterocycles. The molecule has 9 heteroatoms. The summed E-state index contributed by atoms with van der Waals surface area (Å²) in [6.07, 6.45) is 4.53. The van der Waals surface area contributed by atoms with E-state index in [0.717, 1.165) is 44.0 Å². The van der Waals surface area contributed by atoms with Gasteiger partial charge in [0.05, 0.1) is 11.1 Å². The van der Waals surface area contributed by atoms with Gasteiger partial charge in [-0.25, -0.2) is 0 Å². The van der Waals surface area contributed by atoms with Crippen LogP contribution in [0.15, 0.2) is 59.3 Å². The summed E-state index contributed by atoms with van der Waals surface area (Å²) in [5.74, 6) is -0.0642. The molecule has 0 aliphatic carbocycles. The Labute approximate surface area is 202 Å². The highest BCUT2D eigenvalue weighted by Crippen LogP contribution is 2.38. The molecule has 0 fully saturated rings. The first-order valence-electron chi connectivity index (χ1n) is 10.4. The van der Waals surface area contributed by atoms with Crippen LogP contribution in [-0.2, 0) is 16.1 Å². The molecule has 5 rings (SSSR count). The van der Waals surface area contributed by atoms with E-state index in [1.807, 2.05) is 48.7 Å². The van der Waals surface area contributed by atoms with Crippen LogP contribution in [0.5, 0.6) is 0 Å². The van der Waals surface area contributed by atoms with Crippen LogP contribution in [-0.4, -0.2) is 32.3 Å². The van der Waals surface area contributed by atoms with Gasteiger partial charge in [-0.15, -0.1) is 0 Å². The van der Waals surface area contributed by atoms with Gasteiger partial charge in [0.15, 0.2) is 5.17 Å². The number of nitrogens with one attached hydrogen (secondary N) is 3. The minimum Gasteiger partial charge on any atom is -0.379 e. The number of benzene rings is 2. The zero-order valence-corrected chi connectivity index (χ0v) is 19.8. The maximum absolute atomic E-state index is 13.0. The number of halogens is 1. The lowest BCUT2D eigenvalue weighted by atomic mass is 9.95. The normalized spacial score (nSPS) is 14.0. The number of hydrogen-bond acceptors (Lipinski definition) is 4. The first-order chi connectivity index (χ1) is 15.9. The summed E-state index contributed by atoms with van der Waals surface area (Å²) in [6, 6.07) is 13.6. The number of nitrogens with zero attached hydrogens (tertiary/aromatic N) is 1. The number of fused-ring (bicyclic) bond motifs is 2. The molecular formula is C24H20BrN5O2S. The Hall–Kier alpha value is -3.30. The first-order valence-corrected chi connectivity index (χ1v) is 12.1. The fourth-order valence-corrected chi connectivity index (χ4v) is 5.16. The van der Waals surface area contributed by atoms with Crippen molar-refractivity contribution in [3.05, 3.63) is 70.5 Å². The third-order valence-corrected chi connectivity index (χ3v) is 7.00. The van der Waals surface area contributed by atoms with E-state index in [-0.39, 0.29) is 5.17 Å². The van der Waals surface area contributed by atoms with Crippen LogP contribution in [0.3, 0.4) is 0 Å². The van der Waals surface area contributed by atoms with Gasteiger partial charge in [-0.3, -0.25) is 20.3 Å². The molecule has 0 radical (unpaired) electrons. The zero-order valence-electron chi connectivity index (χ0n) is 17.4. The van der Waals surface area contributed by atoms with Crippen molar-refractivity contribution < 1.29 is 9.59 Å². The summed E-state index contributed by atoms with van der Waals surface area (Å²) in [5, 5.41) is 11.8. The summed E-state index contributed by atoms with van der Waals surface area (Å²) in [4.78, 5) is 29.2. The van der Waals surface area contributed by atoms with Gasteiger partial charge in [0, 0.05) is 62.1 Å². The lowest BCUT2D eigenvalue weighted by molar-refractivity contribution is -0.122. The Bertz CT molecular complexity index is 1480. The van der Waals surface area contributed by atoms with Crippen molar-refractivity contribution in [3.63, 3.8) is 0 Å². The average Bonchev–Trinajstić information content (AvgIpc) is 3.44. The highest BCUT2D eigenvalue weighted by molar-refractivity contribution is 9.10. The van der Waals surface area contributed by atoms with E-state index in [1.165, 1.54) is 11.8 Å². The monoisotopic (exact) mass is 521 g/mol. The Morgan fingerprint density at radius 2 is 1.82 bits per heavy atom. The molecule has 4 aromatic rings. The van der Waals surface area contributed by atoms with Gasteiger partial charge in [0.1, 0.15) is 0 Å².